The van der Waals surface area contributed by atoms with Crippen molar-refractivity contribution in [2.45, 2.75) is 297 Å². The predicted molar refractivity (Wildman–Crippen MR) is 352 cm³/mol. The highest BCUT2D eigenvalue weighted by atomic mass is 16.6. The molecule has 0 saturated heterocycles. The van der Waals surface area contributed by atoms with Crippen LogP contribution in [0, 0.1) is 0 Å². The average Bonchev–Trinajstić information content (AvgIpc) is 3.46. The van der Waals surface area contributed by atoms with Crippen LogP contribution in [0.15, 0.2) is 146 Å². The Morgan fingerprint density at radius 2 is 0.481 bits per heavy atom. The molecule has 0 aliphatic rings. The van der Waals surface area contributed by atoms with Gasteiger partial charge in [0.05, 0.1) is 0 Å². The zero-order valence-corrected chi connectivity index (χ0v) is 52.5. The van der Waals surface area contributed by atoms with Crippen molar-refractivity contribution in [3.8, 4) is 0 Å². The normalized spacial score (nSPS) is 13.1. The maximum Gasteiger partial charge on any atom is 0.306 e. The summed E-state index contributed by atoms with van der Waals surface area (Å²) in [7, 11) is 0. The van der Waals surface area contributed by atoms with Gasteiger partial charge in [-0.25, -0.2) is 0 Å². The van der Waals surface area contributed by atoms with Crippen LogP contribution in [0.5, 0.6) is 0 Å². The van der Waals surface area contributed by atoms with Crippen molar-refractivity contribution < 1.29 is 28.6 Å². The number of unbranched alkanes of at least 4 members (excludes halogenated alkanes) is 24. The molecule has 0 aromatic heterocycles. The molecule has 6 heteroatoms. The highest BCUT2D eigenvalue weighted by Gasteiger charge is 2.19. The largest absolute Gasteiger partial charge is 0.462 e. The molecule has 0 aliphatic heterocycles. The number of esters is 3. The van der Waals surface area contributed by atoms with E-state index in [4.69, 9.17) is 14.2 Å². The average molecular weight is 1120 g/mol. The van der Waals surface area contributed by atoms with Gasteiger partial charge < -0.3 is 14.2 Å². The molecule has 0 spiro atoms. The Balaban J connectivity index is 4.35. The van der Waals surface area contributed by atoms with Crippen LogP contribution in [0.2, 0.25) is 0 Å². The van der Waals surface area contributed by atoms with E-state index in [2.05, 4.69) is 167 Å². The molecule has 6 nitrogen and oxygen atoms in total. The van der Waals surface area contributed by atoms with Crippen LogP contribution in [-0.2, 0) is 28.6 Å². The van der Waals surface area contributed by atoms with Gasteiger partial charge in [0, 0.05) is 19.3 Å². The number of ether oxygens (including phenoxy) is 3. The van der Waals surface area contributed by atoms with Gasteiger partial charge in [-0.1, -0.05) is 269 Å². The van der Waals surface area contributed by atoms with Crippen molar-refractivity contribution in [1.82, 2.24) is 0 Å². The topological polar surface area (TPSA) is 78.9 Å². The predicted octanol–water partition coefficient (Wildman–Crippen LogP) is 23.1. The molecule has 0 radical (unpaired) electrons. The van der Waals surface area contributed by atoms with Gasteiger partial charge in [-0.05, 0) is 148 Å². The maximum atomic E-state index is 12.9. The molecule has 0 aromatic rings. The number of hydrogen-bond donors (Lipinski definition) is 0. The molecule has 0 bridgehead atoms. The molecule has 0 fully saturated rings. The van der Waals surface area contributed by atoms with E-state index in [-0.39, 0.29) is 31.1 Å². The minimum Gasteiger partial charge on any atom is -0.462 e. The van der Waals surface area contributed by atoms with Crippen molar-refractivity contribution in [1.29, 1.82) is 0 Å². The second-order valence-electron chi connectivity index (χ2n) is 21.6. The smallest absolute Gasteiger partial charge is 0.306 e. The molecular formula is C75H122O6. The molecule has 1 unspecified atom stereocenters. The number of carbonyl (C=O) groups excluding carboxylic acids is 3. The number of hydrogen-bond acceptors (Lipinski definition) is 6. The Morgan fingerprint density at radius 3 is 0.790 bits per heavy atom. The third kappa shape index (κ3) is 66.0. The van der Waals surface area contributed by atoms with Crippen LogP contribution < -0.4 is 0 Å². The molecule has 0 saturated carbocycles. The van der Waals surface area contributed by atoms with E-state index in [1.54, 1.807) is 0 Å². The standard InChI is InChI=1S/C75H122O6/c1-4-7-10-13-16-19-22-25-27-29-30-31-32-33-34-35-36-37-38-39-40-41-42-43-44-46-47-50-53-56-59-62-65-68-74(77)80-71-72(70-79-73(76)67-64-61-58-55-52-49-24-21-18-15-12-9-6-3)81-75(78)69-66-63-60-57-54-51-48-45-28-26-23-20-17-14-11-8-5-2/h7,10,16-17,19-21,24-28,30-31,33-34,36-37,39-40,42-43,46-47,72H,4-6,8-9,11-15,18,22-23,29,32,35,38,41,44-45,48-71H2,1-3H3/b10-7-,19-16-,20-17-,24-21-,27-25-,28-26-,31-30-,34-33-,37-36-,40-39-,43-42-,47-46-. The Kier molecular flexibility index (Phi) is 63.9. The quantitative estimate of drug-likeness (QED) is 0.0261. The molecule has 458 valence electrons. The third-order valence-corrected chi connectivity index (χ3v) is 13.8. The zero-order chi connectivity index (χ0) is 58.5. The first-order valence-electron chi connectivity index (χ1n) is 33.3. The summed E-state index contributed by atoms with van der Waals surface area (Å²) >= 11 is 0. The van der Waals surface area contributed by atoms with Crippen molar-refractivity contribution >= 4 is 17.9 Å². The van der Waals surface area contributed by atoms with Crippen LogP contribution in [0.25, 0.3) is 0 Å². The summed E-state index contributed by atoms with van der Waals surface area (Å²) in [6, 6.07) is 0. The van der Waals surface area contributed by atoms with E-state index in [1.165, 1.54) is 89.9 Å². The Labute approximate surface area is 499 Å². The molecule has 0 N–H and O–H groups in total. The molecule has 1 atom stereocenters. The van der Waals surface area contributed by atoms with Crippen molar-refractivity contribution in [3.63, 3.8) is 0 Å². The number of allylic oxidation sites excluding steroid dienone is 24. The lowest BCUT2D eigenvalue weighted by Crippen LogP contribution is -2.30. The number of rotatable bonds is 59. The second kappa shape index (κ2) is 67.8. The van der Waals surface area contributed by atoms with Crippen molar-refractivity contribution in [3.05, 3.63) is 146 Å². The first kappa shape index (κ1) is 76.3. The fourth-order valence-electron chi connectivity index (χ4n) is 8.81. The van der Waals surface area contributed by atoms with E-state index in [9.17, 15) is 14.4 Å². The lowest BCUT2D eigenvalue weighted by Gasteiger charge is -2.18. The van der Waals surface area contributed by atoms with Gasteiger partial charge in [-0.2, -0.15) is 0 Å². The molecule has 0 amide bonds. The van der Waals surface area contributed by atoms with E-state index < -0.39 is 6.10 Å². The summed E-state index contributed by atoms with van der Waals surface area (Å²) in [4.78, 5) is 38.3. The van der Waals surface area contributed by atoms with Crippen LogP contribution in [0.3, 0.4) is 0 Å². The number of carbonyl (C=O) groups is 3. The molecule has 0 aliphatic carbocycles. The van der Waals surface area contributed by atoms with Gasteiger partial charge >= 0.3 is 17.9 Å². The van der Waals surface area contributed by atoms with Crippen molar-refractivity contribution in [2.24, 2.45) is 0 Å². The van der Waals surface area contributed by atoms with Crippen LogP contribution >= 0.6 is 0 Å². The zero-order valence-electron chi connectivity index (χ0n) is 52.5. The summed E-state index contributed by atoms with van der Waals surface area (Å²) in [5, 5.41) is 0. The van der Waals surface area contributed by atoms with Gasteiger partial charge in [-0.3, -0.25) is 14.4 Å². The lowest BCUT2D eigenvalue weighted by molar-refractivity contribution is -0.167. The Bertz CT molecular complexity index is 1760. The highest BCUT2D eigenvalue weighted by molar-refractivity contribution is 5.71. The molecule has 0 rings (SSSR count). The van der Waals surface area contributed by atoms with E-state index >= 15 is 0 Å². The summed E-state index contributed by atoms with van der Waals surface area (Å²) in [5.74, 6) is -0.930. The van der Waals surface area contributed by atoms with Crippen LogP contribution in [0.4, 0.5) is 0 Å². The van der Waals surface area contributed by atoms with Gasteiger partial charge in [0.2, 0.25) is 0 Å². The van der Waals surface area contributed by atoms with E-state index in [1.807, 2.05) is 0 Å². The SMILES string of the molecule is CC/C=C\C/C=C\C/C=C\C/C=C\C/C=C\C/C=C\C/C=C\C/C=C\C/C=C\CCCCCCCC(=O)OCC(COC(=O)CCCCCCC/C=C\CCCCCC)OC(=O)CCCCCCCCC/C=C\C/C=C\CCCCC. The third-order valence-electron chi connectivity index (χ3n) is 13.8. The minimum atomic E-state index is -0.800. The maximum absolute atomic E-state index is 12.9. The molecule has 81 heavy (non-hydrogen) atoms. The van der Waals surface area contributed by atoms with Crippen molar-refractivity contribution in [2.75, 3.05) is 13.2 Å². The first-order valence-corrected chi connectivity index (χ1v) is 33.3. The molecule has 0 aromatic carbocycles. The second-order valence-corrected chi connectivity index (χ2v) is 21.6. The van der Waals surface area contributed by atoms with Crippen LogP contribution in [-0.4, -0.2) is 37.2 Å². The summed E-state index contributed by atoms with van der Waals surface area (Å²) in [6.07, 6.45) is 97.1. The van der Waals surface area contributed by atoms with Gasteiger partial charge in [0.1, 0.15) is 13.2 Å². The molecular weight excluding hydrogens is 997 g/mol. The van der Waals surface area contributed by atoms with Gasteiger partial charge in [0.25, 0.3) is 0 Å². The summed E-state index contributed by atoms with van der Waals surface area (Å²) in [5.41, 5.74) is 0. The Morgan fingerprint density at radius 1 is 0.259 bits per heavy atom. The Hall–Kier alpha value is -4.71. The molecule has 0 heterocycles. The minimum absolute atomic E-state index is 0.0953. The first-order chi connectivity index (χ1) is 40.0. The highest BCUT2D eigenvalue weighted by Crippen LogP contribution is 2.14. The van der Waals surface area contributed by atoms with Gasteiger partial charge in [0.15, 0.2) is 6.10 Å². The summed E-state index contributed by atoms with van der Waals surface area (Å²) in [6.45, 7) is 6.46. The monoisotopic (exact) mass is 1120 g/mol. The van der Waals surface area contributed by atoms with Gasteiger partial charge in [-0.15, -0.1) is 0 Å². The summed E-state index contributed by atoms with van der Waals surface area (Å²) < 4.78 is 16.9. The van der Waals surface area contributed by atoms with E-state index in [0.717, 1.165) is 161 Å². The fraction of sp³-hybridized carbons (Fsp3) is 0.640. The van der Waals surface area contributed by atoms with E-state index in [0.29, 0.717) is 19.3 Å². The fourth-order valence-corrected chi connectivity index (χ4v) is 8.81. The lowest BCUT2D eigenvalue weighted by atomic mass is 10.1. The van der Waals surface area contributed by atoms with Crippen LogP contribution in [0.1, 0.15) is 290 Å².